The second kappa shape index (κ2) is 8.86. The molecular weight excluding hydrogens is 404 g/mol. The Kier molecular flexibility index (Phi) is 5.63. The lowest BCUT2D eigenvalue weighted by Gasteiger charge is -2.34. The zero-order valence-electron chi connectivity index (χ0n) is 17.3. The maximum atomic E-state index is 13.3. The van der Waals surface area contributed by atoms with E-state index in [4.69, 9.17) is 4.98 Å². The van der Waals surface area contributed by atoms with E-state index in [9.17, 15) is 4.79 Å². The molecule has 1 aliphatic heterocycles. The molecule has 0 saturated carbocycles. The molecule has 2 aromatic carbocycles. The minimum absolute atomic E-state index is 0.134. The second-order valence-corrected chi connectivity index (χ2v) is 8.70. The van der Waals surface area contributed by atoms with E-state index in [2.05, 4.69) is 40.2 Å². The van der Waals surface area contributed by atoms with Gasteiger partial charge in [0.1, 0.15) is 10.3 Å². The Balaban J connectivity index is 1.25. The quantitative estimate of drug-likeness (QED) is 0.472. The van der Waals surface area contributed by atoms with Crippen molar-refractivity contribution < 1.29 is 4.79 Å². The van der Waals surface area contributed by atoms with Crippen molar-refractivity contribution in [3.05, 3.63) is 89.6 Å². The van der Waals surface area contributed by atoms with Crippen LogP contribution in [-0.4, -0.2) is 47.0 Å². The van der Waals surface area contributed by atoms with E-state index in [1.165, 1.54) is 5.56 Å². The molecule has 6 heteroatoms. The number of amides is 1. The Labute approximate surface area is 186 Å². The second-order valence-electron chi connectivity index (χ2n) is 7.75. The predicted molar refractivity (Wildman–Crippen MR) is 126 cm³/mol. The van der Waals surface area contributed by atoms with E-state index >= 15 is 0 Å². The van der Waals surface area contributed by atoms with Crippen LogP contribution in [-0.2, 0) is 12.8 Å². The predicted octanol–water partition coefficient (Wildman–Crippen LogP) is 4.44. The van der Waals surface area contributed by atoms with Crippen molar-refractivity contribution in [2.24, 2.45) is 0 Å². The highest BCUT2D eigenvalue weighted by atomic mass is 32.1. The molecule has 156 valence electrons. The van der Waals surface area contributed by atoms with Crippen LogP contribution in [0.5, 0.6) is 0 Å². The molecule has 0 unspecified atom stereocenters. The van der Waals surface area contributed by atoms with E-state index in [1.54, 1.807) is 17.5 Å². The summed E-state index contributed by atoms with van der Waals surface area (Å²) in [6, 6.07) is 22.4. The molecule has 0 atom stereocenters. The van der Waals surface area contributed by atoms with Crippen molar-refractivity contribution in [3.63, 3.8) is 0 Å². The van der Waals surface area contributed by atoms with E-state index in [0.717, 1.165) is 52.5 Å². The molecule has 1 fully saturated rings. The van der Waals surface area contributed by atoms with E-state index < -0.39 is 0 Å². The number of aromatic nitrogens is 2. The van der Waals surface area contributed by atoms with Gasteiger partial charge in [0.15, 0.2) is 5.13 Å². The van der Waals surface area contributed by atoms with Crippen LogP contribution in [0.25, 0.3) is 10.3 Å². The Bertz CT molecular complexity index is 1150. The fourth-order valence-corrected chi connectivity index (χ4v) is 5.00. The van der Waals surface area contributed by atoms with Gasteiger partial charge in [0, 0.05) is 37.9 Å². The summed E-state index contributed by atoms with van der Waals surface area (Å²) >= 11 is 1.62. The van der Waals surface area contributed by atoms with Crippen molar-refractivity contribution in [1.29, 1.82) is 0 Å². The summed E-state index contributed by atoms with van der Waals surface area (Å²) in [4.78, 5) is 27.6. The summed E-state index contributed by atoms with van der Waals surface area (Å²) in [5.74, 6) is 0.134. The lowest BCUT2D eigenvalue weighted by Crippen LogP contribution is -2.49. The normalized spacial score (nSPS) is 14.2. The number of pyridine rings is 1. The number of piperazine rings is 1. The van der Waals surface area contributed by atoms with Gasteiger partial charge in [0.25, 0.3) is 5.91 Å². The number of carbonyl (C=O) groups excluding carboxylic acids is 1. The molecule has 0 N–H and O–H groups in total. The molecule has 0 radical (unpaired) electrons. The molecule has 4 aromatic rings. The molecular formula is C25H24N4OS. The number of rotatable bonds is 5. The molecule has 2 aromatic heterocycles. The lowest BCUT2D eigenvalue weighted by molar-refractivity contribution is 0.0745. The van der Waals surface area contributed by atoms with Crippen LogP contribution in [0.15, 0.2) is 72.9 Å². The topological polar surface area (TPSA) is 49.3 Å². The molecule has 0 bridgehead atoms. The van der Waals surface area contributed by atoms with Gasteiger partial charge >= 0.3 is 0 Å². The number of anilines is 1. The third-order valence-corrected chi connectivity index (χ3v) is 6.81. The van der Waals surface area contributed by atoms with Crippen LogP contribution in [0.4, 0.5) is 5.13 Å². The summed E-state index contributed by atoms with van der Waals surface area (Å²) in [6.07, 6.45) is 3.60. The van der Waals surface area contributed by atoms with Crippen molar-refractivity contribution in [1.82, 2.24) is 14.9 Å². The molecule has 3 heterocycles. The van der Waals surface area contributed by atoms with Gasteiger partial charge in [-0.3, -0.25) is 4.79 Å². The fourth-order valence-electron chi connectivity index (χ4n) is 4.04. The zero-order chi connectivity index (χ0) is 21.0. The van der Waals surface area contributed by atoms with Gasteiger partial charge in [-0.15, -0.1) is 0 Å². The SMILES string of the molecule is O=C(c1ccccc1CCc1ccccc1)N1CCN(c2nc3cccnc3s2)CC1. The largest absolute Gasteiger partial charge is 0.344 e. The van der Waals surface area contributed by atoms with Gasteiger partial charge in [0.05, 0.1) is 0 Å². The summed E-state index contributed by atoms with van der Waals surface area (Å²) in [5, 5.41) is 0.990. The van der Waals surface area contributed by atoms with Gasteiger partial charge in [-0.05, 0) is 42.2 Å². The van der Waals surface area contributed by atoms with Crippen molar-refractivity contribution >= 4 is 32.7 Å². The van der Waals surface area contributed by atoms with Crippen molar-refractivity contribution in [2.45, 2.75) is 12.8 Å². The van der Waals surface area contributed by atoms with Crippen LogP contribution in [0, 0.1) is 0 Å². The van der Waals surface area contributed by atoms with Crippen LogP contribution in [0.1, 0.15) is 21.5 Å². The van der Waals surface area contributed by atoms with Gasteiger partial charge in [-0.25, -0.2) is 9.97 Å². The Hall–Kier alpha value is -3.25. The maximum Gasteiger partial charge on any atom is 0.254 e. The molecule has 0 spiro atoms. The summed E-state index contributed by atoms with van der Waals surface area (Å²) in [7, 11) is 0. The first-order chi connectivity index (χ1) is 15.3. The lowest BCUT2D eigenvalue weighted by atomic mass is 9.99. The third kappa shape index (κ3) is 4.30. The Morgan fingerprint density at radius 3 is 2.45 bits per heavy atom. The van der Waals surface area contributed by atoms with E-state index in [-0.39, 0.29) is 5.91 Å². The molecule has 1 amide bonds. The third-order valence-electron chi connectivity index (χ3n) is 5.77. The zero-order valence-corrected chi connectivity index (χ0v) is 18.1. The highest BCUT2D eigenvalue weighted by molar-refractivity contribution is 7.21. The standard InChI is InChI=1S/C25H24N4OS/c30-24(21-10-5-4-9-20(21)13-12-19-7-2-1-3-8-19)28-15-17-29(18-16-28)25-27-22-11-6-14-26-23(22)31-25/h1-11,14H,12-13,15-18H2. The van der Waals surface area contributed by atoms with Gasteiger partial charge in [-0.2, -0.15) is 0 Å². The highest BCUT2D eigenvalue weighted by Gasteiger charge is 2.25. The first-order valence-electron chi connectivity index (χ1n) is 10.7. The van der Waals surface area contributed by atoms with Gasteiger partial charge < -0.3 is 9.80 Å². The monoisotopic (exact) mass is 428 g/mol. The highest BCUT2D eigenvalue weighted by Crippen LogP contribution is 2.28. The van der Waals surface area contributed by atoms with Crippen LogP contribution < -0.4 is 4.90 Å². The minimum atomic E-state index is 0.134. The minimum Gasteiger partial charge on any atom is -0.344 e. The first-order valence-corrected chi connectivity index (χ1v) is 11.5. The van der Waals surface area contributed by atoms with Gasteiger partial charge in [-0.1, -0.05) is 59.9 Å². The van der Waals surface area contributed by atoms with E-state index in [0.29, 0.717) is 13.1 Å². The average molecular weight is 429 g/mol. The van der Waals surface area contributed by atoms with Crippen molar-refractivity contribution in [3.8, 4) is 0 Å². The smallest absolute Gasteiger partial charge is 0.254 e. The van der Waals surface area contributed by atoms with Gasteiger partial charge in [0.2, 0.25) is 0 Å². The fraction of sp³-hybridized carbons (Fsp3) is 0.240. The van der Waals surface area contributed by atoms with Crippen LogP contribution in [0.2, 0.25) is 0 Å². The molecule has 1 aliphatic rings. The molecule has 5 nitrogen and oxygen atoms in total. The van der Waals surface area contributed by atoms with Crippen molar-refractivity contribution in [2.75, 3.05) is 31.1 Å². The van der Waals surface area contributed by atoms with E-state index in [1.807, 2.05) is 41.3 Å². The molecule has 1 saturated heterocycles. The average Bonchev–Trinajstić information content (AvgIpc) is 3.28. The maximum absolute atomic E-state index is 13.3. The summed E-state index contributed by atoms with van der Waals surface area (Å²) in [5.41, 5.74) is 4.18. The van der Waals surface area contributed by atoms with Crippen LogP contribution >= 0.6 is 11.3 Å². The van der Waals surface area contributed by atoms with Crippen LogP contribution in [0.3, 0.4) is 0 Å². The number of benzene rings is 2. The Morgan fingerprint density at radius 2 is 1.65 bits per heavy atom. The number of hydrogen-bond donors (Lipinski definition) is 0. The Morgan fingerprint density at radius 1 is 0.871 bits per heavy atom. The molecule has 5 rings (SSSR count). The molecule has 0 aliphatic carbocycles. The number of nitrogens with zero attached hydrogens (tertiary/aromatic N) is 4. The number of hydrogen-bond acceptors (Lipinski definition) is 5. The number of carbonyl (C=O) groups is 1. The number of aryl methyl sites for hydroxylation is 2. The number of thiazole rings is 1. The summed E-state index contributed by atoms with van der Waals surface area (Å²) in [6.45, 7) is 2.99. The summed E-state index contributed by atoms with van der Waals surface area (Å²) < 4.78 is 0. The first kappa shape index (κ1) is 19.7. The molecule has 31 heavy (non-hydrogen) atoms. The number of fused-ring (bicyclic) bond motifs is 1.